The maximum absolute atomic E-state index is 11.7. The number of amides is 1. The summed E-state index contributed by atoms with van der Waals surface area (Å²) in [6.45, 7) is 12.5. The molecule has 0 saturated heterocycles. The molecule has 0 saturated carbocycles. The second-order valence-electron chi connectivity index (χ2n) is 5.99. The number of aliphatic hydroxyl groups is 1. The van der Waals surface area contributed by atoms with Crippen LogP contribution in [0.4, 0.5) is 0 Å². The van der Waals surface area contributed by atoms with Crippen LogP contribution in [0.5, 0.6) is 0 Å². The highest BCUT2D eigenvalue weighted by molar-refractivity contribution is 5.76. The molecule has 0 aliphatic carbocycles. The van der Waals surface area contributed by atoms with E-state index >= 15 is 0 Å². The van der Waals surface area contributed by atoms with E-state index in [2.05, 4.69) is 33.0 Å². The van der Waals surface area contributed by atoms with Gasteiger partial charge in [-0.2, -0.15) is 0 Å². The molecule has 0 rings (SSSR count). The average molecular weight is 229 g/mol. The molecule has 0 heterocycles. The molecule has 3 heteroatoms. The third-order valence-electron chi connectivity index (χ3n) is 3.50. The van der Waals surface area contributed by atoms with Crippen molar-refractivity contribution in [3.8, 4) is 0 Å². The molecule has 3 atom stereocenters. The Morgan fingerprint density at radius 2 is 1.75 bits per heavy atom. The fourth-order valence-electron chi connectivity index (χ4n) is 1.20. The Bertz CT molecular complexity index is 220. The number of carbonyl (C=O) groups excluding carboxylic acids is 1. The molecular weight excluding hydrogens is 202 g/mol. The molecule has 0 aliphatic heterocycles. The Labute approximate surface area is 99.6 Å². The quantitative estimate of drug-likeness (QED) is 0.759. The van der Waals surface area contributed by atoms with E-state index in [0.29, 0.717) is 12.3 Å². The molecule has 96 valence electrons. The lowest BCUT2D eigenvalue weighted by atomic mass is 9.80. The van der Waals surface area contributed by atoms with Gasteiger partial charge in [0.1, 0.15) is 0 Å². The summed E-state index contributed by atoms with van der Waals surface area (Å²) in [4.78, 5) is 11.7. The van der Waals surface area contributed by atoms with Crippen molar-refractivity contribution >= 4 is 5.91 Å². The lowest BCUT2D eigenvalue weighted by molar-refractivity contribution is -0.123. The molecule has 0 aromatic rings. The number of rotatable bonds is 5. The van der Waals surface area contributed by atoms with E-state index in [-0.39, 0.29) is 29.9 Å². The summed E-state index contributed by atoms with van der Waals surface area (Å²) in [5.41, 5.74) is 0.156. The van der Waals surface area contributed by atoms with Crippen molar-refractivity contribution in [2.24, 2.45) is 17.3 Å². The van der Waals surface area contributed by atoms with Crippen LogP contribution in [-0.4, -0.2) is 23.7 Å². The fraction of sp³-hybridized carbons (Fsp3) is 0.923. The summed E-state index contributed by atoms with van der Waals surface area (Å²) in [7, 11) is 0. The van der Waals surface area contributed by atoms with Crippen molar-refractivity contribution < 1.29 is 9.90 Å². The van der Waals surface area contributed by atoms with Gasteiger partial charge in [0.2, 0.25) is 5.91 Å². The van der Waals surface area contributed by atoms with Gasteiger partial charge in [0.05, 0.1) is 0 Å². The number of hydrogen-bond acceptors (Lipinski definition) is 2. The second-order valence-corrected chi connectivity index (χ2v) is 5.99. The highest BCUT2D eigenvalue weighted by Gasteiger charge is 2.23. The Balaban J connectivity index is 4.09. The van der Waals surface area contributed by atoms with E-state index in [9.17, 15) is 4.79 Å². The second kappa shape index (κ2) is 6.24. The Morgan fingerprint density at radius 1 is 1.25 bits per heavy atom. The molecule has 0 radical (unpaired) electrons. The molecule has 3 nitrogen and oxygen atoms in total. The number of nitrogens with one attached hydrogen (secondary N) is 1. The topological polar surface area (TPSA) is 49.3 Å². The minimum atomic E-state index is 0.0321. The first-order chi connectivity index (χ1) is 7.18. The van der Waals surface area contributed by atoms with Crippen LogP contribution >= 0.6 is 0 Å². The molecule has 0 spiro atoms. The zero-order valence-electron chi connectivity index (χ0n) is 11.5. The van der Waals surface area contributed by atoms with Crippen molar-refractivity contribution in [1.82, 2.24) is 5.32 Å². The first kappa shape index (κ1) is 15.4. The molecule has 3 unspecified atom stereocenters. The minimum Gasteiger partial charge on any atom is -0.396 e. The normalized spacial score (nSPS) is 17.7. The first-order valence-corrected chi connectivity index (χ1v) is 6.08. The number of aliphatic hydroxyl groups excluding tert-OH is 1. The molecule has 16 heavy (non-hydrogen) atoms. The van der Waals surface area contributed by atoms with E-state index in [4.69, 9.17) is 5.11 Å². The number of carbonyl (C=O) groups is 1. The third-order valence-corrected chi connectivity index (χ3v) is 3.50. The largest absolute Gasteiger partial charge is 0.396 e. The van der Waals surface area contributed by atoms with Gasteiger partial charge in [-0.05, 0) is 24.2 Å². The van der Waals surface area contributed by atoms with Gasteiger partial charge in [0.15, 0.2) is 0 Å². The molecule has 2 N–H and O–H groups in total. The van der Waals surface area contributed by atoms with Crippen LogP contribution in [0.1, 0.15) is 48.0 Å². The summed E-state index contributed by atoms with van der Waals surface area (Å²) < 4.78 is 0. The van der Waals surface area contributed by atoms with Gasteiger partial charge in [-0.3, -0.25) is 4.79 Å². The van der Waals surface area contributed by atoms with Crippen LogP contribution in [-0.2, 0) is 4.79 Å². The van der Waals surface area contributed by atoms with Gasteiger partial charge in [0.25, 0.3) is 0 Å². The maximum atomic E-state index is 11.7. The number of hydrogen-bond donors (Lipinski definition) is 2. The predicted octanol–water partition coefficient (Wildman–Crippen LogP) is 2.19. The first-order valence-electron chi connectivity index (χ1n) is 6.08. The zero-order chi connectivity index (χ0) is 12.9. The fourth-order valence-corrected chi connectivity index (χ4v) is 1.20. The summed E-state index contributed by atoms with van der Waals surface area (Å²) in [6.07, 6.45) is 0.548. The van der Waals surface area contributed by atoms with E-state index in [1.807, 2.05) is 13.8 Å². The van der Waals surface area contributed by atoms with Crippen LogP contribution in [0.3, 0.4) is 0 Å². The SMILES string of the molecule is CC(CO)C(C)NC(=O)CC(C)C(C)(C)C. The van der Waals surface area contributed by atoms with E-state index in [1.165, 1.54) is 0 Å². The van der Waals surface area contributed by atoms with Gasteiger partial charge in [-0.1, -0.05) is 34.6 Å². The molecular formula is C13H27NO2. The minimum absolute atomic E-state index is 0.0321. The Morgan fingerprint density at radius 3 is 2.12 bits per heavy atom. The van der Waals surface area contributed by atoms with Crippen LogP contribution in [0.25, 0.3) is 0 Å². The molecule has 0 fully saturated rings. The van der Waals surface area contributed by atoms with Crippen molar-refractivity contribution in [3.63, 3.8) is 0 Å². The Hall–Kier alpha value is -0.570. The van der Waals surface area contributed by atoms with Gasteiger partial charge in [-0.25, -0.2) is 0 Å². The zero-order valence-corrected chi connectivity index (χ0v) is 11.5. The van der Waals surface area contributed by atoms with Gasteiger partial charge in [0, 0.05) is 19.1 Å². The van der Waals surface area contributed by atoms with Crippen LogP contribution in [0, 0.1) is 17.3 Å². The Kier molecular flexibility index (Phi) is 6.01. The lowest BCUT2D eigenvalue weighted by Gasteiger charge is -2.28. The lowest BCUT2D eigenvalue weighted by Crippen LogP contribution is -2.39. The van der Waals surface area contributed by atoms with Crippen molar-refractivity contribution in [1.29, 1.82) is 0 Å². The van der Waals surface area contributed by atoms with E-state index in [0.717, 1.165) is 0 Å². The van der Waals surface area contributed by atoms with Crippen LogP contribution in [0.15, 0.2) is 0 Å². The van der Waals surface area contributed by atoms with Crippen molar-refractivity contribution in [3.05, 3.63) is 0 Å². The van der Waals surface area contributed by atoms with Crippen molar-refractivity contribution in [2.45, 2.75) is 54.0 Å². The van der Waals surface area contributed by atoms with Gasteiger partial charge in [-0.15, -0.1) is 0 Å². The average Bonchev–Trinajstić information content (AvgIpc) is 2.14. The predicted molar refractivity (Wildman–Crippen MR) is 67.1 cm³/mol. The summed E-state index contributed by atoms with van der Waals surface area (Å²) in [5.74, 6) is 0.535. The van der Waals surface area contributed by atoms with Crippen LogP contribution < -0.4 is 5.32 Å². The standard InChI is InChI=1S/C13H27NO2/c1-9(8-15)11(3)14-12(16)7-10(2)13(4,5)6/h9-11,15H,7-8H2,1-6H3,(H,14,16). The van der Waals surface area contributed by atoms with E-state index in [1.54, 1.807) is 0 Å². The molecule has 1 amide bonds. The summed E-state index contributed by atoms with van der Waals surface area (Å²) in [6, 6.07) is 0.0321. The van der Waals surface area contributed by atoms with Crippen molar-refractivity contribution in [2.75, 3.05) is 6.61 Å². The van der Waals surface area contributed by atoms with Gasteiger partial charge < -0.3 is 10.4 Å². The molecule has 0 aromatic heterocycles. The monoisotopic (exact) mass is 229 g/mol. The molecule has 0 aliphatic rings. The maximum Gasteiger partial charge on any atom is 0.220 e. The third kappa shape index (κ3) is 5.50. The van der Waals surface area contributed by atoms with Gasteiger partial charge >= 0.3 is 0 Å². The summed E-state index contributed by atoms with van der Waals surface area (Å²) in [5, 5.41) is 11.9. The smallest absolute Gasteiger partial charge is 0.220 e. The molecule has 0 bridgehead atoms. The van der Waals surface area contributed by atoms with Crippen LogP contribution in [0.2, 0.25) is 0 Å². The molecule has 0 aromatic carbocycles. The highest BCUT2D eigenvalue weighted by atomic mass is 16.3. The van der Waals surface area contributed by atoms with E-state index < -0.39 is 0 Å². The highest BCUT2D eigenvalue weighted by Crippen LogP contribution is 2.27. The summed E-state index contributed by atoms with van der Waals surface area (Å²) >= 11 is 0.